The molecule has 3 fully saturated rings. The van der Waals surface area contributed by atoms with Crippen LogP contribution in [0, 0.1) is 28.6 Å². The quantitative estimate of drug-likeness (QED) is 0.518. The molecule has 0 heterocycles. The number of aliphatic hydroxyl groups is 1. The number of hydrogen-bond donors (Lipinski definition) is 2. The molecule has 0 aromatic heterocycles. The van der Waals surface area contributed by atoms with Gasteiger partial charge in [-0.05, 0) is 56.9 Å². The van der Waals surface area contributed by atoms with E-state index in [1.165, 1.54) is 0 Å². The maximum atomic E-state index is 15.6. The largest absolute Gasteiger partial charge is 0.411 e. The van der Waals surface area contributed by atoms with Crippen molar-refractivity contribution in [3.8, 4) is 0 Å². The van der Waals surface area contributed by atoms with Crippen LogP contribution in [0.1, 0.15) is 59.3 Å². The zero-order valence-electron chi connectivity index (χ0n) is 15.3. The number of rotatable bonds is 0. The topological polar surface area (TPSA) is 69.9 Å². The third kappa shape index (κ3) is 2.08. The van der Waals surface area contributed by atoms with Crippen molar-refractivity contribution in [1.29, 1.82) is 0 Å². The first-order valence-electron chi connectivity index (χ1n) is 9.47. The van der Waals surface area contributed by atoms with Gasteiger partial charge in [0.2, 0.25) is 5.78 Å². The second-order valence-electron chi connectivity index (χ2n) is 9.46. The smallest absolute Gasteiger partial charge is 0.203 e. The molecule has 0 saturated heterocycles. The van der Waals surface area contributed by atoms with Gasteiger partial charge in [0.1, 0.15) is 11.9 Å². The van der Waals surface area contributed by atoms with Gasteiger partial charge < -0.3 is 10.3 Å². The molecule has 3 saturated carbocycles. The molecule has 0 bridgehead atoms. The molecule has 0 unspecified atom stereocenters. The Bertz CT molecular complexity index is 684. The van der Waals surface area contributed by atoms with Gasteiger partial charge in [-0.1, -0.05) is 24.6 Å². The number of fused-ring (bicyclic) bond motifs is 5. The van der Waals surface area contributed by atoms with Gasteiger partial charge in [-0.2, -0.15) is 0 Å². The van der Waals surface area contributed by atoms with Gasteiger partial charge in [0.25, 0.3) is 0 Å². The normalized spacial score (nSPS) is 53.9. The summed E-state index contributed by atoms with van der Waals surface area (Å²) in [6.07, 6.45) is 4.59. The van der Waals surface area contributed by atoms with Crippen LogP contribution >= 0.6 is 0 Å². The van der Waals surface area contributed by atoms with Crippen molar-refractivity contribution in [1.82, 2.24) is 0 Å². The van der Waals surface area contributed by atoms with Crippen LogP contribution in [0.15, 0.2) is 16.8 Å². The lowest BCUT2D eigenvalue weighted by molar-refractivity contribution is -0.145. The van der Waals surface area contributed by atoms with Gasteiger partial charge in [-0.25, -0.2) is 4.39 Å². The highest BCUT2D eigenvalue weighted by molar-refractivity contribution is 6.44. The first kappa shape index (κ1) is 17.2. The van der Waals surface area contributed by atoms with E-state index in [2.05, 4.69) is 12.1 Å². The molecule has 4 rings (SSSR count). The van der Waals surface area contributed by atoms with E-state index in [4.69, 9.17) is 0 Å². The molecular formula is C20H28FNO3. The minimum atomic E-state index is -1.02. The van der Waals surface area contributed by atoms with Gasteiger partial charge in [-0.15, -0.1) is 0 Å². The molecule has 0 radical (unpaired) electrons. The SMILES string of the molecule is C[C@]12C/C(=N/O)C(=O)C=C1CC[C@@H]1[C@@H]2[C@@H](F)C[C@@]2(C)[C@H]1CC[C@]2(C)O. The van der Waals surface area contributed by atoms with Gasteiger partial charge in [0, 0.05) is 23.2 Å². The van der Waals surface area contributed by atoms with Gasteiger partial charge in [0.05, 0.1) is 5.60 Å². The monoisotopic (exact) mass is 349 g/mol. The highest BCUT2D eigenvalue weighted by Crippen LogP contribution is 2.67. The lowest BCUT2D eigenvalue weighted by Crippen LogP contribution is -2.58. The number of carbonyl (C=O) groups is 1. The molecule has 0 amide bonds. The highest BCUT2D eigenvalue weighted by Gasteiger charge is 2.65. The molecule has 4 nitrogen and oxygen atoms in total. The molecular weight excluding hydrogens is 321 g/mol. The van der Waals surface area contributed by atoms with Crippen molar-refractivity contribution in [3.63, 3.8) is 0 Å². The minimum Gasteiger partial charge on any atom is -0.411 e. The predicted molar refractivity (Wildman–Crippen MR) is 92.2 cm³/mol. The minimum absolute atomic E-state index is 0.144. The highest BCUT2D eigenvalue weighted by atomic mass is 19.1. The van der Waals surface area contributed by atoms with Crippen LogP contribution < -0.4 is 0 Å². The molecule has 5 heteroatoms. The van der Waals surface area contributed by atoms with Crippen LogP contribution in [0.3, 0.4) is 0 Å². The third-order valence-electron chi connectivity index (χ3n) is 8.44. The van der Waals surface area contributed by atoms with Crippen LogP contribution in [-0.4, -0.2) is 33.6 Å². The summed E-state index contributed by atoms with van der Waals surface area (Å²) in [4.78, 5) is 12.1. The number of ketones is 1. The molecule has 138 valence electrons. The summed E-state index contributed by atoms with van der Waals surface area (Å²) in [5.74, 6) is 0.0978. The van der Waals surface area contributed by atoms with Crippen LogP contribution in [-0.2, 0) is 4.79 Å². The van der Waals surface area contributed by atoms with Gasteiger partial charge in [-0.3, -0.25) is 4.79 Å². The molecule has 0 spiro atoms. The van der Waals surface area contributed by atoms with E-state index in [1.807, 2.05) is 13.8 Å². The number of alkyl halides is 1. The van der Waals surface area contributed by atoms with E-state index in [-0.39, 0.29) is 28.7 Å². The summed E-state index contributed by atoms with van der Waals surface area (Å²) < 4.78 is 15.6. The Balaban J connectivity index is 1.77. The maximum Gasteiger partial charge on any atom is 0.203 e. The van der Waals surface area contributed by atoms with E-state index in [1.54, 1.807) is 6.08 Å². The Morgan fingerprint density at radius 2 is 2.00 bits per heavy atom. The fraction of sp³-hybridized carbons (Fsp3) is 0.800. The summed E-state index contributed by atoms with van der Waals surface area (Å²) >= 11 is 0. The van der Waals surface area contributed by atoms with E-state index in [0.29, 0.717) is 18.8 Å². The Morgan fingerprint density at radius 3 is 2.68 bits per heavy atom. The molecule has 4 aliphatic carbocycles. The number of allylic oxidation sites excluding steroid dienone is 1. The van der Waals surface area contributed by atoms with E-state index >= 15 is 4.39 Å². The average molecular weight is 349 g/mol. The molecule has 0 aromatic carbocycles. The zero-order chi connectivity index (χ0) is 18.2. The number of hydrogen-bond acceptors (Lipinski definition) is 4. The molecule has 0 aromatic rings. The second-order valence-corrected chi connectivity index (χ2v) is 9.46. The zero-order valence-corrected chi connectivity index (χ0v) is 15.3. The van der Waals surface area contributed by atoms with Crippen molar-refractivity contribution >= 4 is 11.5 Å². The summed E-state index contributed by atoms with van der Waals surface area (Å²) in [6, 6.07) is 0. The first-order chi connectivity index (χ1) is 11.6. The number of nitrogens with zero attached hydrogens (tertiary/aromatic N) is 1. The number of halogens is 1. The van der Waals surface area contributed by atoms with Gasteiger partial charge >= 0.3 is 0 Å². The van der Waals surface area contributed by atoms with Crippen LogP contribution in [0.25, 0.3) is 0 Å². The third-order valence-corrected chi connectivity index (χ3v) is 8.44. The summed E-state index contributed by atoms with van der Waals surface area (Å²) in [6.45, 7) is 5.97. The van der Waals surface area contributed by atoms with E-state index in [9.17, 15) is 15.1 Å². The van der Waals surface area contributed by atoms with Crippen LogP contribution in [0.5, 0.6) is 0 Å². The Hall–Kier alpha value is -1.23. The lowest BCUT2D eigenvalue weighted by atomic mass is 9.46. The van der Waals surface area contributed by atoms with Crippen molar-refractivity contribution in [2.45, 2.75) is 71.1 Å². The number of carbonyl (C=O) groups excluding carboxylic acids is 1. The summed E-state index contributed by atoms with van der Waals surface area (Å²) in [5.41, 5.74) is -0.505. The van der Waals surface area contributed by atoms with E-state index < -0.39 is 17.2 Å². The van der Waals surface area contributed by atoms with Crippen molar-refractivity contribution in [2.75, 3.05) is 0 Å². The first-order valence-corrected chi connectivity index (χ1v) is 9.47. The fourth-order valence-corrected chi connectivity index (χ4v) is 6.85. The second kappa shape index (κ2) is 5.15. The molecule has 4 aliphatic rings. The van der Waals surface area contributed by atoms with Crippen LogP contribution in [0.2, 0.25) is 0 Å². The Labute approximate surface area is 148 Å². The average Bonchev–Trinajstić information content (AvgIpc) is 2.76. The summed E-state index contributed by atoms with van der Waals surface area (Å²) in [5, 5.41) is 23.3. The molecule has 2 N–H and O–H groups in total. The maximum absolute atomic E-state index is 15.6. The summed E-state index contributed by atoms with van der Waals surface area (Å²) in [7, 11) is 0. The van der Waals surface area contributed by atoms with Gasteiger partial charge in [0.15, 0.2) is 0 Å². The van der Waals surface area contributed by atoms with Crippen molar-refractivity contribution in [2.24, 2.45) is 33.7 Å². The van der Waals surface area contributed by atoms with E-state index in [0.717, 1.165) is 31.3 Å². The lowest BCUT2D eigenvalue weighted by Gasteiger charge is -2.59. The molecule has 7 atom stereocenters. The Morgan fingerprint density at radius 1 is 1.28 bits per heavy atom. The fourth-order valence-electron chi connectivity index (χ4n) is 6.85. The number of oxime groups is 1. The van der Waals surface area contributed by atoms with Crippen LogP contribution in [0.4, 0.5) is 4.39 Å². The Kier molecular flexibility index (Phi) is 3.54. The molecule has 0 aliphatic heterocycles. The predicted octanol–water partition coefficient (Wildman–Crippen LogP) is 3.66. The van der Waals surface area contributed by atoms with Crippen molar-refractivity contribution < 1.29 is 19.5 Å². The van der Waals surface area contributed by atoms with Crippen molar-refractivity contribution in [3.05, 3.63) is 11.6 Å². The molecule has 25 heavy (non-hydrogen) atoms. The standard InChI is InChI=1S/C20H28FNO3/c1-18-10-15(22-25)16(23)8-11(18)4-5-12-13-6-7-20(3,24)19(13,2)9-14(21)17(12)18/h8,12-14,17,24-25H,4-7,9-10H2,1-3H3/b22-15-/t12-,13-,14-,17+,18-,19-,20-/m0/s1.